The van der Waals surface area contributed by atoms with Gasteiger partial charge in [-0.1, -0.05) is 0 Å². The number of nitrogens with zero attached hydrogens (tertiary/aromatic N) is 3. The molecule has 5 rings (SSSR count). The van der Waals surface area contributed by atoms with Crippen molar-refractivity contribution in [3.05, 3.63) is 78.6 Å². The Hall–Kier alpha value is -4.75. The monoisotopic (exact) mass is 589 g/mol. The SMILES string of the molecule is COc1ccc(N2C(=O)[C@H](C(c3ccncc3)[C@H]3C(=O)NC(=S)N(c4ccc(OC)cc4)C3=O)C(=O)NC2=S)cc1. The number of amides is 4. The fourth-order valence-corrected chi connectivity index (χ4v) is 5.52. The van der Waals surface area contributed by atoms with Gasteiger partial charge in [0.05, 0.1) is 25.6 Å². The first-order valence-electron chi connectivity index (χ1n) is 12.3. The van der Waals surface area contributed by atoms with E-state index in [4.69, 9.17) is 33.9 Å². The topological polar surface area (TPSA) is 130 Å². The molecule has 2 saturated heterocycles. The number of carbonyl (C=O) groups excluding carboxylic acids is 4. The Morgan fingerprint density at radius 2 is 1.07 bits per heavy atom. The highest BCUT2D eigenvalue weighted by Crippen LogP contribution is 2.39. The third-order valence-electron chi connectivity index (χ3n) is 6.87. The van der Waals surface area contributed by atoms with Gasteiger partial charge in [0.25, 0.3) is 0 Å². The molecule has 4 amide bonds. The van der Waals surface area contributed by atoms with Gasteiger partial charge in [0, 0.05) is 18.3 Å². The Morgan fingerprint density at radius 1 is 0.683 bits per heavy atom. The third-order valence-corrected chi connectivity index (χ3v) is 7.44. The van der Waals surface area contributed by atoms with Crippen LogP contribution in [0.4, 0.5) is 11.4 Å². The second-order valence-corrected chi connectivity index (χ2v) is 9.87. The van der Waals surface area contributed by atoms with Crippen LogP contribution in [0, 0.1) is 11.8 Å². The van der Waals surface area contributed by atoms with Crippen LogP contribution in [-0.2, 0) is 19.2 Å². The predicted molar refractivity (Wildman–Crippen MR) is 156 cm³/mol. The zero-order valence-corrected chi connectivity index (χ0v) is 23.4. The molecule has 2 fully saturated rings. The molecule has 13 heteroatoms. The summed E-state index contributed by atoms with van der Waals surface area (Å²) in [6, 6.07) is 16.1. The quantitative estimate of drug-likeness (QED) is 0.315. The van der Waals surface area contributed by atoms with Gasteiger partial charge in [-0.15, -0.1) is 0 Å². The van der Waals surface area contributed by atoms with Crippen LogP contribution in [0.3, 0.4) is 0 Å². The number of methoxy groups -OCH3 is 2. The second-order valence-electron chi connectivity index (χ2n) is 9.09. The minimum absolute atomic E-state index is 0.129. The van der Waals surface area contributed by atoms with Crippen molar-refractivity contribution in [1.29, 1.82) is 0 Å². The van der Waals surface area contributed by atoms with Crippen molar-refractivity contribution in [2.24, 2.45) is 11.8 Å². The van der Waals surface area contributed by atoms with E-state index in [-0.39, 0.29) is 10.2 Å². The summed E-state index contributed by atoms with van der Waals surface area (Å²) >= 11 is 10.7. The molecule has 3 heterocycles. The van der Waals surface area contributed by atoms with Crippen LogP contribution in [0.5, 0.6) is 11.5 Å². The molecule has 0 aliphatic carbocycles. The van der Waals surface area contributed by atoms with Crippen molar-refractivity contribution in [3.63, 3.8) is 0 Å². The van der Waals surface area contributed by atoms with Gasteiger partial charge in [-0.3, -0.25) is 34.0 Å². The normalized spacial score (nSPS) is 20.0. The Labute approximate surface area is 245 Å². The maximum atomic E-state index is 14.1. The van der Waals surface area contributed by atoms with Crippen LogP contribution >= 0.6 is 24.4 Å². The van der Waals surface area contributed by atoms with E-state index in [0.717, 1.165) is 0 Å². The van der Waals surface area contributed by atoms with E-state index in [0.29, 0.717) is 28.4 Å². The van der Waals surface area contributed by atoms with Crippen molar-refractivity contribution >= 4 is 69.7 Å². The molecule has 0 saturated carbocycles. The molecule has 1 aromatic heterocycles. The zero-order valence-electron chi connectivity index (χ0n) is 21.8. The molecular formula is C28H23N5O6S2. The summed E-state index contributed by atoms with van der Waals surface area (Å²) < 4.78 is 10.4. The first-order valence-corrected chi connectivity index (χ1v) is 13.1. The molecule has 0 radical (unpaired) electrons. The molecule has 3 aromatic rings. The summed E-state index contributed by atoms with van der Waals surface area (Å²) in [5.74, 6) is -6.01. The molecule has 11 nitrogen and oxygen atoms in total. The van der Waals surface area contributed by atoms with Crippen molar-refractivity contribution < 1.29 is 28.7 Å². The molecule has 1 unspecified atom stereocenters. The maximum absolute atomic E-state index is 14.1. The highest BCUT2D eigenvalue weighted by atomic mass is 32.1. The van der Waals surface area contributed by atoms with Crippen molar-refractivity contribution in [2.75, 3.05) is 24.0 Å². The van der Waals surface area contributed by atoms with Crippen LogP contribution < -0.4 is 29.9 Å². The maximum Gasteiger partial charge on any atom is 0.246 e. The number of hydrogen-bond acceptors (Lipinski definition) is 9. The van der Waals surface area contributed by atoms with Gasteiger partial charge in [0.15, 0.2) is 10.2 Å². The van der Waals surface area contributed by atoms with Gasteiger partial charge in [0.1, 0.15) is 23.3 Å². The lowest BCUT2D eigenvalue weighted by atomic mass is 9.73. The first-order chi connectivity index (χ1) is 19.7. The third kappa shape index (κ3) is 5.12. The Morgan fingerprint density at radius 3 is 1.44 bits per heavy atom. The predicted octanol–water partition coefficient (Wildman–Crippen LogP) is 2.31. The Balaban J connectivity index is 1.59. The summed E-state index contributed by atoms with van der Waals surface area (Å²) in [4.78, 5) is 61.5. The van der Waals surface area contributed by atoms with E-state index in [1.165, 1.54) is 36.4 Å². The molecule has 0 spiro atoms. The van der Waals surface area contributed by atoms with E-state index in [9.17, 15) is 19.2 Å². The van der Waals surface area contributed by atoms with Gasteiger partial charge in [0.2, 0.25) is 23.6 Å². The number of nitrogens with one attached hydrogen (secondary N) is 2. The number of pyridine rings is 1. The highest BCUT2D eigenvalue weighted by molar-refractivity contribution is 7.80. The van der Waals surface area contributed by atoms with Crippen LogP contribution in [0.15, 0.2) is 73.1 Å². The molecule has 0 bridgehead atoms. The second kappa shape index (κ2) is 11.4. The number of anilines is 2. The van der Waals surface area contributed by atoms with E-state index in [2.05, 4.69) is 15.6 Å². The summed E-state index contributed by atoms with van der Waals surface area (Å²) in [7, 11) is 3.02. The molecular weight excluding hydrogens is 566 g/mol. The van der Waals surface area contributed by atoms with Crippen LogP contribution in [0.2, 0.25) is 0 Å². The average molecular weight is 590 g/mol. The standard InChI is InChI=1S/C28H23N5O6S2/c1-38-18-7-3-16(4-8-18)32-25(36)21(23(34)30-27(32)40)20(15-11-13-29-14-12-15)22-24(35)31-28(41)33(26(22)37)17-5-9-19(39-2)10-6-17/h3-14,20-22H,1-2H3,(H,30,34,40)(H,31,35,41)/t20?,21-,22+. The van der Waals surface area contributed by atoms with Crippen molar-refractivity contribution in [1.82, 2.24) is 15.6 Å². The van der Waals surface area contributed by atoms with Crippen LogP contribution in [-0.4, -0.2) is 53.1 Å². The number of ether oxygens (including phenoxy) is 2. The Bertz CT molecular complexity index is 1450. The lowest BCUT2D eigenvalue weighted by Gasteiger charge is -2.41. The van der Waals surface area contributed by atoms with E-state index in [1.807, 2.05) is 0 Å². The smallest absolute Gasteiger partial charge is 0.246 e. The fraction of sp³-hybridized carbons (Fsp3) is 0.179. The first kappa shape index (κ1) is 27.8. The average Bonchev–Trinajstić information content (AvgIpc) is 2.97. The lowest BCUT2D eigenvalue weighted by molar-refractivity contribution is -0.139. The summed E-state index contributed by atoms with van der Waals surface area (Å²) in [6.45, 7) is 0. The number of hydrogen-bond donors (Lipinski definition) is 2. The van der Waals surface area contributed by atoms with E-state index in [1.54, 1.807) is 60.7 Å². The van der Waals surface area contributed by atoms with E-state index < -0.39 is 41.4 Å². The molecule has 208 valence electrons. The van der Waals surface area contributed by atoms with Crippen LogP contribution in [0.1, 0.15) is 11.5 Å². The fourth-order valence-electron chi connectivity index (χ4n) is 4.93. The summed E-state index contributed by atoms with van der Waals surface area (Å²) in [6.07, 6.45) is 2.91. The van der Waals surface area contributed by atoms with Gasteiger partial charge in [-0.05, 0) is 90.7 Å². The summed E-state index contributed by atoms with van der Waals surface area (Å²) in [5.41, 5.74) is 1.13. The minimum Gasteiger partial charge on any atom is -0.497 e. The number of benzene rings is 2. The van der Waals surface area contributed by atoms with Gasteiger partial charge in [-0.2, -0.15) is 0 Å². The number of rotatable bonds is 7. The molecule has 41 heavy (non-hydrogen) atoms. The number of thiocarbonyl (C=S) groups is 2. The number of carbonyl (C=O) groups is 4. The van der Waals surface area contributed by atoms with Gasteiger partial charge in [-0.25, -0.2) is 0 Å². The van der Waals surface area contributed by atoms with Gasteiger partial charge >= 0.3 is 0 Å². The number of aromatic nitrogens is 1. The molecule has 2 aromatic carbocycles. The highest BCUT2D eigenvalue weighted by Gasteiger charge is 2.53. The van der Waals surface area contributed by atoms with E-state index >= 15 is 0 Å². The van der Waals surface area contributed by atoms with Crippen molar-refractivity contribution in [2.45, 2.75) is 5.92 Å². The lowest BCUT2D eigenvalue weighted by Crippen LogP contribution is -2.64. The largest absolute Gasteiger partial charge is 0.497 e. The molecule has 3 atom stereocenters. The molecule has 2 N–H and O–H groups in total. The minimum atomic E-state index is -1.50. The summed E-state index contributed by atoms with van der Waals surface area (Å²) in [5, 5.41) is 4.89. The molecule has 2 aliphatic rings. The van der Waals surface area contributed by atoms with Crippen molar-refractivity contribution in [3.8, 4) is 11.5 Å². The van der Waals surface area contributed by atoms with Gasteiger partial charge < -0.3 is 20.1 Å². The van der Waals surface area contributed by atoms with Crippen LogP contribution in [0.25, 0.3) is 0 Å². The Kier molecular flexibility index (Phi) is 7.72. The molecule has 2 aliphatic heterocycles. The zero-order chi connectivity index (χ0) is 29.3.